The predicted molar refractivity (Wildman–Crippen MR) is 98.6 cm³/mol. The number of hydrogen-bond donors (Lipinski definition) is 2. The van der Waals surface area contributed by atoms with Gasteiger partial charge in [0.2, 0.25) is 5.91 Å². The summed E-state index contributed by atoms with van der Waals surface area (Å²) in [6.45, 7) is 0.230. The quantitative estimate of drug-likeness (QED) is 0.700. The first-order chi connectivity index (χ1) is 13.2. The van der Waals surface area contributed by atoms with Crippen molar-refractivity contribution in [2.45, 2.75) is 38.7 Å². The summed E-state index contributed by atoms with van der Waals surface area (Å²) in [5.41, 5.74) is 4.95. The SMILES string of the molecule is O=C(CC(C1CC1)C1CC1)NNC(=O)c1ccc(COc2ccccc2)o1. The van der Waals surface area contributed by atoms with E-state index in [9.17, 15) is 9.59 Å². The Kier molecular flexibility index (Phi) is 5.14. The summed E-state index contributed by atoms with van der Waals surface area (Å²) < 4.78 is 11.1. The summed E-state index contributed by atoms with van der Waals surface area (Å²) in [6.07, 6.45) is 5.44. The van der Waals surface area contributed by atoms with Crippen LogP contribution < -0.4 is 15.6 Å². The predicted octanol–water partition coefficient (Wildman–Crippen LogP) is 3.45. The Labute approximate surface area is 158 Å². The lowest BCUT2D eigenvalue weighted by Crippen LogP contribution is -2.42. The van der Waals surface area contributed by atoms with Gasteiger partial charge in [-0.05, 0) is 67.7 Å². The van der Waals surface area contributed by atoms with Crippen LogP contribution in [0, 0.1) is 17.8 Å². The molecule has 2 saturated carbocycles. The number of carbonyl (C=O) groups excluding carboxylic acids is 2. The molecule has 2 aliphatic rings. The van der Waals surface area contributed by atoms with E-state index < -0.39 is 5.91 Å². The van der Waals surface area contributed by atoms with Gasteiger partial charge in [0.1, 0.15) is 18.1 Å². The molecule has 2 amide bonds. The molecule has 0 spiro atoms. The maximum absolute atomic E-state index is 12.2. The molecule has 0 unspecified atom stereocenters. The summed E-state index contributed by atoms with van der Waals surface area (Å²) in [6, 6.07) is 12.6. The monoisotopic (exact) mass is 368 g/mol. The molecule has 2 aromatic rings. The zero-order chi connectivity index (χ0) is 18.6. The van der Waals surface area contributed by atoms with Gasteiger partial charge in [0, 0.05) is 6.42 Å². The van der Waals surface area contributed by atoms with E-state index in [4.69, 9.17) is 9.15 Å². The molecule has 1 aromatic heterocycles. The standard InChI is InChI=1S/C21H24N2O4/c24-20(12-18(14-6-7-14)15-8-9-15)22-23-21(25)19-11-10-17(27-19)13-26-16-4-2-1-3-5-16/h1-5,10-11,14-15,18H,6-9,12-13H2,(H,22,24)(H,23,25). The van der Waals surface area contributed by atoms with Gasteiger partial charge < -0.3 is 9.15 Å². The van der Waals surface area contributed by atoms with Crippen molar-refractivity contribution in [3.63, 3.8) is 0 Å². The van der Waals surface area contributed by atoms with Crippen LogP contribution in [0.15, 0.2) is 46.9 Å². The summed E-state index contributed by atoms with van der Waals surface area (Å²) in [5, 5.41) is 0. The Morgan fingerprint density at radius 3 is 2.37 bits per heavy atom. The molecule has 0 radical (unpaired) electrons. The molecule has 0 saturated heterocycles. The molecule has 4 rings (SSSR count). The van der Waals surface area contributed by atoms with Gasteiger partial charge in [-0.15, -0.1) is 0 Å². The minimum atomic E-state index is -0.469. The molecule has 6 heteroatoms. The van der Waals surface area contributed by atoms with E-state index in [-0.39, 0.29) is 18.3 Å². The molecule has 2 aliphatic carbocycles. The third-order valence-corrected chi connectivity index (χ3v) is 5.20. The van der Waals surface area contributed by atoms with Crippen molar-refractivity contribution in [1.82, 2.24) is 10.9 Å². The van der Waals surface area contributed by atoms with Crippen molar-refractivity contribution >= 4 is 11.8 Å². The van der Waals surface area contributed by atoms with Gasteiger partial charge >= 0.3 is 5.91 Å². The third kappa shape index (κ3) is 4.90. The van der Waals surface area contributed by atoms with Gasteiger partial charge in [0.25, 0.3) is 0 Å². The maximum atomic E-state index is 12.2. The van der Waals surface area contributed by atoms with Crippen LogP contribution in [0.5, 0.6) is 5.75 Å². The van der Waals surface area contributed by atoms with Crippen LogP contribution in [0.1, 0.15) is 48.4 Å². The van der Waals surface area contributed by atoms with E-state index >= 15 is 0 Å². The average molecular weight is 368 g/mol. The number of ether oxygens (including phenoxy) is 1. The van der Waals surface area contributed by atoms with E-state index in [2.05, 4.69) is 10.9 Å². The summed E-state index contributed by atoms with van der Waals surface area (Å²) in [5.74, 6) is 2.70. The highest BCUT2D eigenvalue weighted by atomic mass is 16.5. The van der Waals surface area contributed by atoms with Crippen LogP contribution in [0.3, 0.4) is 0 Å². The van der Waals surface area contributed by atoms with Crippen LogP contribution in [0.4, 0.5) is 0 Å². The molecule has 6 nitrogen and oxygen atoms in total. The number of hydrazine groups is 1. The van der Waals surface area contributed by atoms with E-state index in [1.807, 2.05) is 30.3 Å². The molecule has 1 aromatic carbocycles. The first-order valence-corrected chi connectivity index (χ1v) is 9.55. The maximum Gasteiger partial charge on any atom is 0.305 e. The molecule has 2 N–H and O–H groups in total. The molecule has 0 atom stereocenters. The highest BCUT2D eigenvalue weighted by Gasteiger charge is 2.42. The lowest BCUT2D eigenvalue weighted by Gasteiger charge is -2.15. The smallest absolute Gasteiger partial charge is 0.305 e. The molecular formula is C21H24N2O4. The molecule has 0 bridgehead atoms. The fourth-order valence-corrected chi connectivity index (χ4v) is 3.47. The molecule has 27 heavy (non-hydrogen) atoms. The molecular weight excluding hydrogens is 344 g/mol. The number of nitrogens with one attached hydrogen (secondary N) is 2. The van der Waals surface area contributed by atoms with Gasteiger partial charge in [-0.1, -0.05) is 18.2 Å². The number of furan rings is 1. The van der Waals surface area contributed by atoms with E-state index in [1.54, 1.807) is 12.1 Å². The lowest BCUT2D eigenvalue weighted by molar-refractivity contribution is -0.123. The fraction of sp³-hybridized carbons (Fsp3) is 0.429. The van der Waals surface area contributed by atoms with Crippen molar-refractivity contribution in [3.8, 4) is 5.75 Å². The second-order valence-corrected chi connectivity index (χ2v) is 7.41. The van der Waals surface area contributed by atoms with E-state index in [0.29, 0.717) is 29.9 Å². The third-order valence-electron chi connectivity index (χ3n) is 5.20. The van der Waals surface area contributed by atoms with Crippen molar-refractivity contribution in [3.05, 3.63) is 54.0 Å². The highest BCUT2D eigenvalue weighted by Crippen LogP contribution is 2.50. The number of rotatable bonds is 8. The topological polar surface area (TPSA) is 80.6 Å². The fourth-order valence-electron chi connectivity index (χ4n) is 3.47. The summed E-state index contributed by atoms with van der Waals surface area (Å²) >= 11 is 0. The zero-order valence-corrected chi connectivity index (χ0v) is 15.1. The van der Waals surface area contributed by atoms with Gasteiger partial charge in [0.15, 0.2) is 5.76 Å². The van der Waals surface area contributed by atoms with Gasteiger partial charge in [-0.25, -0.2) is 0 Å². The van der Waals surface area contributed by atoms with Crippen molar-refractivity contribution < 1.29 is 18.7 Å². The van der Waals surface area contributed by atoms with Crippen LogP contribution in [-0.2, 0) is 11.4 Å². The highest BCUT2D eigenvalue weighted by molar-refractivity contribution is 5.92. The van der Waals surface area contributed by atoms with E-state index in [0.717, 1.165) is 5.75 Å². The zero-order valence-electron chi connectivity index (χ0n) is 15.1. The lowest BCUT2D eigenvalue weighted by atomic mass is 9.94. The van der Waals surface area contributed by atoms with Crippen molar-refractivity contribution in [2.24, 2.45) is 17.8 Å². The minimum Gasteiger partial charge on any atom is -0.486 e. The Balaban J connectivity index is 1.22. The Bertz CT molecular complexity index is 782. The van der Waals surface area contributed by atoms with Crippen LogP contribution >= 0.6 is 0 Å². The Morgan fingerprint density at radius 1 is 1.00 bits per heavy atom. The molecule has 142 valence electrons. The second kappa shape index (κ2) is 7.86. The molecule has 2 fully saturated rings. The van der Waals surface area contributed by atoms with Crippen molar-refractivity contribution in [1.29, 1.82) is 0 Å². The normalized spacial score (nSPS) is 16.2. The Morgan fingerprint density at radius 2 is 1.70 bits per heavy atom. The summed E-state index contributed by atoms with van der Waals surface area (Å²) in [4.78, 5) is 24.3. The average Bonchev–Trinajstić information content (AvgIpc) is 3.62. The van der Waals surface area contributed by atoms with Gasteiger partial charge in [-0.3, -0.25) is 20.4 Å². The number of amides is 2. The Hall–Kier alpha value is -2.76. The molecule has 1 heterocycles. The van der Waals surface area contributed by atoms with Crippen LogP contribution in [-0.4, -0.2) is 11.8 Å². The number of para-hydroxylation sites is 1. The number of benzene rings is 1. The van der Waals surface area contributed by atoms with Crippen LogP contribution in [0.2, 0.25) is 0 Å². The largest absolute Gasteiger partial charge is 0.486 e. The van der Waals surface area contributed by atoms with Gasteiger partial charge in [0.05, 0.1) is 0 Å². The van der Waals surface area contributed by atoms with Crippen LogP contribution in [0.25, 0.3) is 0 Å². The number of carbonyl (C=O) groups is 2. The van der Waals surface area contributed by atoms with Gasteiger partial charge in [-0.2, -0.15) is 0 Å². The molecule has 0 aliphatic heterocycles. The first-order valence-electron chi connectivity index (χ1n) is 9.55. The number of hydrogen-bond acceptors (Lipinski definition) is 4. The second-order valence-electron chi connectivity index (χ2n) is 7.41. The van der Waals surface area contributed by atoms with E-state index in [1.165, 1.54) is 25.7 Å². The van der Waals surface area contributed by atoms with Crippen molar-refractivity contribution in [2.75, 3.05) is 0 Å². The minimum absolute atomic E-state index is 0.133. The summed E-state index contributed by atoms with van der Waals surface area (Å²) in [7, 11) is 0. The first kappa shape index (κ1) is 17.6.